The molecule has 1 heterocycles. The number of carbonyl (C=O) groups excluding carboxylic acids is 1. The highest BCUT2D eigenvalue weighted by Gasteiger charge is 2.04. The van der Waals surface area contributed by atoms with Gasteiger partial charge in [-0.05, 0) is 30.3 Å². The summed E-state index contributed by atoms with van der Waals surface area (Å²) >= 11 is 0. The number of benzene rings is 1. The number of pyridine rings is 1. The van der Waals surface area contributed by atoms with Crippen molar-refractivity contribution in [2.24, 2.45) is 0 Å². The van der Waals surface area contributed by atoms with Crippen LogP contribution in [0, 0.1) is 0 Å². The van der Waals surface area contributed by atoms with Crippen molar-refractivity contribution >= 4 is 6.29 Å². The minimum absolute atomic E-state index is 0.367. The second-order valence-corrected chi connectivity index (χ2v) is 3.63. The normalized spacial score (nSPS) is 9.83. The molecule has 2 aromatic rings. The van der Waals surface area contributed by atoms with E-state index >= 15 is 0 Å². The molecule has 0 bridgehead atoms. The molecule has 0 aliphatic rings. The SMILES string of the molecule is COc1ccc(OCc2ccccn2)cc1C=O. The smallest absolute Gasteiger partial charge is 0.153 e. The van der Waals surface area contributed by atoms with E-state index in [2.05, 4.69) is 4.98 Å². The first-order valence-electron chi connectivity index (χ1n) is 5.49. The zero-order valence-electron chi connectivity index (χ0n) is 10.00. The summed E-state index contributed by atoms with van der Waals surface area (Å²) in [5, 5.41) is 0. The van der Waals surface area contributed by atoms with Crippen LogP contribution in [0.4, 0.5) is 0 Å². The molecular formula is C14H13NO3. The highest BCUT2D eigenvalue weighted by molar-refractivity contribution is 5.80. The zero-order chi connectivity index (χ0) is 12.8. The summed E-state index contributed by atoms with van der Waals surface area (Å²) in [6.45, 7) is 0.367. The van der Waals surface area contributed by atoms with Crippen LogP contribution in [0.25, 0.3) is 0 Å². The number of aldehydes is 1. The molecule has 1 aromatic carbocycles. The maximum absolute atomic E-state index is 10.9. The Kier molecular flexibility index (Phi) is 3.91. The third-order valence-electron chi connectivity index (χ3n) is 2.44. The molecule has 1 aromatic heterocycles. The minimum atomic E-state index is 0.367. The topological polar surface area (TPSA) is 48.4 Å². The first-order valence-corrected chi connectivity index (χ1v) is 5.49. The number of hydrogen-bond acceptors (Lipinski definition) is 4. The van der Waals surface area contributed by atoms with Gasteiger partial charge in [0.05, 0.1) is 18.4 Å². The molecule has 18 heavy (non-hydrogen) atoms. The maximum Gasteiger partial charge on any atom is 0.153 e. The lowest BCUT2D eigenvalue weighted by Crippen LogP contribution is -1.98. The van der Waals surface area contributed by atoms with Gasteiger partial charge in [-0.2, -0.15) is 0 Å². The Morgan fingerprint density at radius 2 is 2.17 bits per heavy atom. The average molecular weight is 243 g/mol. The molecule has 0 saturated carbocycles. The fourth-order valence-corrected chi connectivity index (χ4v) is 1.54. The lowest BCUT2D eigenvalue weighted by Gasteiger charge is -2.08. The number of hydrogen-bond donors (Lipinski definition) is 0. The number of methoxy groups -OCH3 is 1. The van der Waals surface area contributed by atoms with E-state index in [1.165, 1.54) is 7.11 Å². The van der Waals surface area contributed by atoms with Crippen LogP contribution in [0.1, 0.15) is 16.1 Å². The van der Waals surface area contributed by atoms with Crippen molar-refractivity contribution in [3.05, 3.63) is 53.9 Å². The van der Waals surface area contributed by atoms with Crippen LogP contribution in [-0.4, -0.2) is 18.4 Å². The van der Waals surface area contributed by atoms with Crippen LogP contribution >= 0.6 is 0 Å². The van der Waals surface area contributed by atoms with Gasteiger partial charge in [0.25, 0.3) is 0 Å². The fraction of sp³-hybridized carbons (Fsp3) is 0.143. The highest BCUT2D eigenvalue weighted by Crippen LogP contribution is 2.22. The van der Waals surface area contributed by atoms with Crippen LogP contribution in [-0.2, 0) is 6.61 Å². The molecule has 4 heteroatoms. The number of aromatic nitrogens is 1. The van der Waals surface area contributed by atoms with E-state index in [1.807, 2.05) is 18.2 Å². The van der Waals surface area contributed by atoms with Crippen molar-refractivity contribution in [2.45, 2.75) is 6.61 Å². The van der Waals surface area contributed by atoms with Crippen LogP contribution in [0.2, 0.25) is 0 Å². The summed E-state index contributed by atoms with van der Waals surface area (Å²) in [6.07, 6.45) is 2.45. The Balaban J connectivity index is 2.08. The molecule has 0 amide bonds. The first-order chi connectivity index (χ1) is 8.83. The van der Waals surface area contributed by atoms with Gasteiger partial charge in [0.1, 0.15) is 18.1 Å². The van der Waals surface area contributed by atoms with Crippen molar-refractivity contribution in [2.75, 3.05) is 7.11 Å². The molecule has 0 radical (unpaired) electrons. The third kappa shape index (κ3) is 2.85. The lowest BCUT2D eigenvalue weighted by molar-refractivity contribution is 0.112. The summed E-state index contributed by atoms with van der Waals surface area (Å²) in [7, 11) is 1.52. The van der Waals surface area contributed by atoms with Gasteiger partial charge in [0.2, 0.25) is 0 Å². The Labute approximate surface area is 105 Å². The first kappa shape index (κ1) is 12.1. The van der Waals surface area contributed by atoms with Crippen LogP contribution in [0.15, 0.2) is 42.6 Å². The molecule has 0 N–H and O–H groups in total. The number of nitrogens with zero attached hydrogens (tertiary/aromatic N) is 1. The third-order valence-corrected chi connectivity index (χ3v) is 2.44. The standard InChI is InChI=1S/C14H13NO3/c1-17-14-6-5-13(8-11(14)9-16)18-10-12-4-2-3-7-15-12/h2-9H,10H2,1H3. The molecular weight excluding hydrogens is 230 g/mol. The second kappa shape index (κ2) is 5.82. The van der Waals surface area contributed by atoms with Gasteiger partial charge in [0, 0.05) is 6.20 Å². The molecule has 0 aliphatic heterocycles. The molecule has 0 fully saturated rings. The van der Waals surface area contributed by atoms with Crippen LogP contribution in [0.5, 0.6) is 11.5 Å². The van der Waals surface area contributed by atoms with E-state index in [0.29, 0.717) is 23.7 Å². The maximum atomic E-state index is 10.9. The van der Waals surface area contributed by atoms with Gasteiger partial charge >= 0.3 is 0 Å². The van der Waals surface area contributed by atoms with Crippen molar-refractivity contribution in [1.82, 2.24) is 4.98 Å². The largest absolute Gasteiger partial charge is 0.496 e. The van der Waals surface area contributed by atoms with E-state index in [4.69, 9.17) is 9.47 Å². The van der Waals surface area contributed by atoms with Crippen LogP contribution < -0.4 is 9.47 Å². The number of ether oxygens (including phenoxy) is 2. The van der Waals surface area contributed by atoms with Crippen molar-refractivity contribution in [1.29, 1.82) is 0 Å². The zero-order valence-corrected chi connectivity index (χ0v) is 10.00. The molecule has 0 spiro atoms. The van der Waals surface area contributed by atoms with Gasteiger partial charge in [-0.15, -0.1) is 0 Å². The molecule has 0 saturated heterocycles. The Morgan fingerprint density at radius 3 is 2.83 bits per heavy atom. The van der Waals surface area contributed by atoms with Gasteiger partial charge in [0.15, 0.2) is 6.29 Å². The summed E-state index contributed by atoms with van der Waals surface area (Å²) in [5.74, 6) is 1.15. The summed E-state index contributed by atoms with van der Waals surface area (Å²) in [5.41, 5.74) is 1.30. The molecule has 4 nitrogen and oxygen atoms in total. The van der Waals surface area contributed by atoms with E-state index in [-0.39, 0.29) is 0 Å². The van der Waals surface area contributed by atoms with Gasteiger partial charge in [-0.25, -0.2) is 0 Å². The van der Waals surface area contributed by atoms with Gasteiger partial charge in [-0.3, -0.25) is 9.78 Å². The van der Waals surface area contributed by atoms with E-state index < -0.39 is 0 Å². The predicted octanol–water partition coefficient (Wildman–Crippen LogP) is 2.48. The second-order valence-electron chi connectivity index (χ2n) is 3.63. The predicted molar refractivity (Wildman–Crippen MR) is 67.0 cm³/mol. The Hall–Kier alpha value is -2.36. The van der Waals surface area contributed by atoms with Gasteiger partial charge in [-0.1, -0.05) is 6.07 Å². The van der Waals surface area contributed by atoms with Gasteiger partial charge < -0.3 is 9.47 Å². The minimum Gasteiger partial charge on any atom is -0.496 e. The molecule has 2 rings (SSSR count). The van der Waals surface area contributed by atoms with E-state index in [9.17, 15) is 4.79 Å². The van der Waals surface area contributed by atoms with Crippen molar-refractivity contribution in [3.8, 4) is 11.5 Å². The lowest BCUT2D eigenvalue weighted by atomic mass is 10.2. The van der Waals surface area contributed by atoms with Crippen LogP contribution in [0.3, 0.4) is 0 Å². The summed E-state index contributed by atoms with van der Waals surface area (Å²) in [6, 6.07) is 10.7. The fourth-order valence-electron chi connectivity index (χ4n) is 1.54. The monoisotopic (exact) mass is 243 g/mol. The highest BCUT2D eigenvalue weighted by atomic mass is 16.5. The van der Waals surface area contributed by atoms with E-state index in [0.717, 1.165) is 12.0 Å². The summed E-state index contributed by atoms with van der Waals surface area (Å²) < 4.78 is 10.6. The Bertz CT molecular complexity index is 526. The average Bonchev–Trinajstić information content (AvgIpc) is 2.45. The summed E-state index contributed by atoms with van der Waals surface area (Å²) in [4.78, 5) is 15.0. The van der Waals surface area contributed by atoms with E-state index in [1.54, 1.807) is 24.4 Å². The van der Waals surface area contributed by atoms with Crippen molar-refractivity contribution < 1.29 is 14.3 Å². The Morgan fingerprint density at radius 1 is 1.28 bits per heavy atom. The molecule has 0 atom stereocenters. The quantitative estimate of drug-likeness (QED) is 0.757. The number of carbonyl (C=O) groups is 1. The molecule has 0 unspecified atom stereocenters. The molecule has 92 valence electrons. The molecule has 0 aliphatic carbocycles. The number of rotatable bonds is 5. The van der Waals surface area contributed by atoms with Crippen molar-refractivity contribution in [3.63, 3.8) is 0 Å².